The molecule has 0 atom stereocenters. The largest absolute Gasteiger partial charge is 0.355 e. The Morgan fingerprint density at radius 2 is 2.08 bits per heavy atom. The van der Waals surface area contributed by atoms with Gasteiger partial charge in [-0.1, -0.05) is 17.5 Å². The highest BCUT2D eigenvalue weighted by Crippen LogP contribution is 2.27. The zero-order valence-electron chi connectivity index (χ0n) is 14.7. The molecule has 3 heterocycles. The summed E-state index contributed by atoms with van der Waals surface area (Å²) in [6, 6.07) is 7.15. The third kappa shape index (κ3) is 2.51. The summed E-state index contributed by atoms with van der Waals surface area (Å²) in [4.78, 5) is 30.1. The van der Waals surface area contributed by atoms with E-state index in [1.165, 1.54) is 10.8 Å². The molecule has 1 aliphatic rings. The normalized spacial score (nSPS) is 15.4. The molecule has 0 unspecified atom stereocenters. The predicted molar refractivity (Wildman–Crippen MR) is 99.1 cm³/mol. The minimum atomic E-state index is -0.300. The predicted octanol–water partition coefficient (Wildman–Crippen LogP) is 1.58. The van der Waals surface area contributed by atoms with E-state index in [-0.39, 0.29) is 17.5 Å². The van der Waals surface area contributed by atoms with Crippen LogP contribution in [0.2, 0.25) is 0 Å². The summed E-state index contributed by atoms with van der Waals surface area (Å²) >= 11 is 0. The number of aromatic nitrogens is 3. The fourth-order valence-electron chi connectivity index (χ4n) is 3.89. The molecule has 3 N–H and O–H groups in total. The average Bonchev–Trinajstić information content (AvgIpc) is 2.68. The number of anilines is 1. The molecule has 0 bridgehead atoms. The highest BCUT2D eigenvalue weighted by Gasteiger charge is 2.29. The number of nitrogens with one attached hydrogen (secondary N) is 1. The molecule has 1 aliphatic carbocycles. The lowest BCUT2D eigenvalue weighted by Gasteiger charge is -2.23. The van der Waals surface area contributed by atoms with Crippen molar-refractivity contribution in [3.05, 3.63) is 46.4 Å². The SMILES string of the molecule is CNC(=O)c1cc2c(=O)n3ccccc3nc2[n+](C2CCCCC2)c1N. The van der Waals surface area contributed by atoms with Gasteiger partial charge in [0.1, 0.15) is 10.9 Å². The number of pyridine rings is 2. The molecule has 7 nitrogen and oxygen atoms in total. The van der Waals surface area contributed by atoms with Gasteiger partial charge in [0.2, 0.25) is 11.5 Å². The first-order chi connectivity index (χ1) is 12.6. The Bertz CT molecular complexity index is 1070. The molecule has 1 amide bonds. The van der Waals surface area contributed by atoms with Crippen LogP contribution >= 0.6 is 0 Å². The number of hydrogen-bond acceptors (Lipinski definition) is 4. The van der Waals surface area contributed by atoms with Gasteiger partial charge in [0, 0.05) is 13.2 Å². The summed E-state index contributed by atoms with van der Waals surface area (Å²) in [5.41, 5.74) is 7.65. The van der Waals surface area contributed by atoms with Gasteiger partial charge in [-0.15, -0.1) is 0 Å². The highest BCUT2D eigenvalue weighted by molar-refractivity contribution is 6.00. The van der Waals surface area contributed by atoms with Gasteiger partial charge in [-0.05, 0) is 43.9 Å². The number of carbonyl (C=O) groups excluding carboxylic acids is 1. The molecule has 3 aromatic rings. The van der Waals surface area contributed by atoms with Crippen LogP contribution < -0.4 is 21.2 Å². The molecular formula is C19H22N5O2+. The monoisotopic (exact) mass is 352 g/mol. The van der Waals surface area contributed by atoms with Gasteiger partial charge in [-0.25, -0.2) is 4.57 Å². The van der Waals surface area contributed by atoms with E-state index in [1.54, 1.807) is 31.4 Å². The summed E-state index contributed by atoms with van der Waals surface area (Å²) in [5.74, 6) is 0.0717. The van der Waals surface area contributed by atoms with Crippen LogP contribution in [0.4, 0.5) is 5.82 Å². The first kappa shape index (κ1) is 16.5. The van der Waals surface area contributed by atoms with E-state index < -0.39 is 0 Å². The first-order valence-corrected chi connectivity index (χ1v) is 8.99. The highest BCUT2D eigenvalue weighted by atomic mass is 16.1. The smallest absolute Gasteiger partial charge is 0.278 e. The van der Waals surface area contributed by atoms with Crippen LogP contribution in [0.15, 0.2) is 35.3 Å². The average molecular weight is 352 g/mol. The van der Waals surface area contributed by atoms with Gasteiger partial charge in [-0.2, -0.15) is 0 Å². The van der Waals surface area contributed by atoms with E-state index in [9.17, 15) is 9.59 Å². The minimum absolute atomic E-state index is 0.147. The van der Waals surface area contributed by atoms with Gasteiger partial charge >= 0.3 is 0 Å². The van der Waals surface area contributed by atoms with Crippen LogP contribution in [-0.4, -0.2) is 22.3 Å². The van der Waals surface area contributed by atoms with Crippen molar-refractivity contribution < 1.29 is 9.36 Å². The molecule has 7 heteroatoms. The summed E-state index contributed by atoms with van der Waals surface area (Å²) < 4.78 is 3.41. The number of fused-ring (bicyclic) bond motifs is 2. The number of nitrogens with two attached hydrogens (primary N) is 1. The molecule has 0 spiro atoms. The third-order valence-corrected chi connectivity index (χ3v) is 5.21. The Balaban J connectivity index is 2.12. The maximum absolute atomic E-state index is 13.0. The van der Waals surface area contributed by atoms with Crippen LogP contribution in [-0.2, 0) is 0 Å². The van der Waals surface area contributed by atoms with Crippen LogP contribution in [0, 0.1) is 0 Å². The lowest BCUT2D eigenvalue weighted by atomic mass is 9.94. The first-order valence-electron chi connectivity index (χ1n) is 8.99. The van der Waals surface area contributed by atoms with Crippen molar-refractivity contribution in [2.75, 3.05) is 12.8 Å². The van der Waals surface area contributed by atoms with Crippen molar-refractivity contribution in [1.29, 1.82) is 0 Å². The molecule has 4 rings (SSSR count). The van der Waals surface area contributed by atoms with E-state index in [0.29, 0.717) is 28.1 Å². The fraction of sp³-hybridized carbons (Fsp3) is 0.368. The number of nitrogen functional groups attached to an aromatic ring is 1. The molecule has 26 heavy (non-hydrogen) atoms. The van der Waals surface area contributed by atoms with Crippen molar-refractivity contribution in [3.8, 4) is 0 Å². The number of nitrogens with zero attached hydrogens (tertiary/aromatic N) is 3. The van der Waals surface area contributed by atoms with Crippen LogP contribution in [0.25, 0.3) is 16.7 Å². The zero-order chi connectivity index (χ0) is 18.3. The van der Waals surface area contributed by atoms with E-state index in [2.05, 4.69) is 5.32 Å². The standard InChI is InChI=1S/C19H21N5O2/c1-21-18(25)13-11-14-17(22-15-9-5-6-10-23(15)19(14)26)24(16(13)20)12-7-3-2-4-8-12/h5-6,9-12,20H,2-4,7-8H2,1H3,(H,21,25)/p+1. The van der Waals surface area contributed by atoms with Crippen LogP contribution in [0.3, 0.4) is 0 Å². The van der Waals surface area contributed by atoms with Crippen molar-refractivity contribution in [2.24, 2.45) is 0 Å². The molecule has 1 fully saturated rings. The summed E-state index contributed by atoms with van der Waals surface area (Å²) in [5, 5.41) is 3.02. The lowest BCUT2D eigenvalue weighted by Crippen LogP contribution is -2.47. The molecule has 0 radical (unpaired) electrons. The second-order valence-corrected chi connectivity index (χ2v) is 6.77. The second-order valence-electron chi connectivity index (χ2n) is 6.77. The Morgan fingerprint density at radius 3 is 2.81 bits per heavy atom. The third-order valence-electron chi connectivity index (χ3n) is 5.21. The summed E-state index contributed by atoms with van der Waals surface area (Å²) in [7, 11) is 1.56. The quantitative estimate of drug-likeness (QED) is 0.541. The van der Waals surface area contributed by atoms with Crippen molar-refractivity contribution in [3.63, 3.8) is 0 Å². The number of hydrogen-bond donors (Lipinski definition) is 2. The Hall–Kier alpha value is -2.96. The number of carbonyl (C=O) groups is 1. The Kier molecular flexibility index (Phi) is 4.06. The topological polar surface area (TPSA) is 93.4 Å². The second kappa shape index (κ2) is 6.40. The van der Waals surface area contributed by atoms with Crippen LogP contribution in [0.5, 0.6) is 0 Å². The summed E-state index contributed by atoms with van der Waals surface area (Å²) in [6.45, 7) is 0. The molecule has 0 aromatic carbocycles. The molecular weight excluding hydrogens is 330 g/mol. The van der Waals surface area contributed by atoms with Gasteiger partial charge in [0.05, 0.1) is 6.04 Å². The lowest BCUT2D eigenvalue weighted by molar-refractivity contribution is -0.689. The summed E-state index contributed by atoms with van der Waals surface area (Å²) in [6.07, 6.45) is 7.03. The van der Waals surface area contributed by atoms with Gasteiger partial charge < -0.3 is 11.1 Å². The van der Waals surface area contributed by atoms with E-state index >= 15 is 0 Å². The number of rotatable bonds is 2. The van der Waals surface area contributed by atoms with E-state index in [1.807, 2.05) is 10.6 Å². The van der Waals surface area contributed by atoms with E-state index in [0.717, 1.165) is 25.7 Å². The van der Waals surface area contributed by atoms with Gasteiger partial charge in [0.25, 0.3) is 17.1 Å². The molecule has 3 aromatic heterocycles. The van der Waals surface area contributed by atoms with Gasteiger partial charge in [0.15, 0.2) is 0 Å². The minimum Gasteiger partial charge on any atom is -0.355 e. The van der Waals surface area contributed by atoms with Gasteiger partial charge in [-0.3, -0.25) is 14.0 Å². The van der Waals surface area contributed by atoms with Crippen LogP contribution in [0.1, 0.15) is 48.5 Å². The Labute approximate surface area is 150 Å². The van der Waals surface area contributed by atoms with Crippen molar-refractivity contribution >= 4 is 28.4 Å². The van der Waals surface area contributed by atoms with E-state index in [4.69, 9.17) is 10.7 Å². The molecule has 1 saturated carbocycles. The van der Waals surface area contributed by atoms with Crippen molar-refractivity contribution in [1.82, 2.24) is 14.7 Å². The molecule has 0 saturated heterocycles. The number of amides is 1. The maximum atomic E-state index is 13.0. The molecule has 134 valence electrons. The van der Waals surface area contributed by atoms with Crippen molar-refractivity contribution in [2.45, 2.75) is 38.1 Å². The maximum Gasteiger partial charge on any atom is 0.278 e. The fourth-order valence-corrected chi connectivity index (χ4v) is 3.89. The Morgan fingerprint density at radius 1 is 1.31 bits per heavy atom. The zero-order valence-corrected chi connectivity index (χ0v) is 14.7. The molecule has 0 aliphatic heterocycles.